The first kappa shape index (κ1) is 26.1. The molecule has 194 valence electrons. The minimum absolute atomic E-state index is 0.0730. The molecule has 1 heterocycles. The van der Waals surface area contributed by atoms with E-state index < -0.39 is 11.7 Å². The van der Waals surface area contributed by atoms with E-state index in [9.17, 15) is 14.4 Å². The molecule has 2 unspecified atom stereocenters. The second-order valence-corrected chi connectivity index (χ2v) is 9.42. The molecule has 4 rings (SSSR count). The van der Waals surface area contributed by atoms with E-state index in [-0.39, 0.29) is 23.6 Å². The predicted molar refractivity (Wildman–Crippen MR) is 140 cm³/mol. The van der Waals surface area contributed by atoms with Gasteiger partial charge < -0.3 is 15.0 Å². The van der Waals surface area contributed by atoms with Crippen molar-refractivity contribution in [2.24, 2.45) is 13.0 Å². The lowest BCUT2D eigenvalue weighted by molar-refractivity contribution is -0.149. The molecular weight excluding hydrogens is 470 g/mol. The fraction of sp³-hybridized carbons (Fsp3) is 0.393. The van der Waals surface area contributed by atoms with Crippen LogP contribution in [-0.2, 0) is 27.9 Å². The minimum Gasteiger partial charge on any atom is -0.466 e. The van der Waals surface area contributed by atoms with Crippen LogP contribution < -0.4 is 5.32 Å². The number of rotatable bonds is 9. The average molecular weight is 504 g/mol. The highest BCUT2D eigenvalue weighted by atomic mass is 16.5. The Kier molecular flexibility index (Phi) is 8.32. The van der Waals surface area contributed by atoms with E-state index in [4.69, 9.17) is 4.74 Å². The summed E-state index contributed by atoms with van der Waals surface area (Å²) in [5, 5.41) is 11.7. The molecule has 1 aliphatic carbocycles. The molecule has 9 heteroatoms. The third kappa shape index (κ3) is 6.22. The van der Waals surface area contributed by atoms with Gasteiger partial charge in [0.2, 0.25) is 0 Å². The van der Waals surface area contributed by atoms with Crippen LogP contribution in [0, 0.1) is 5.92 Å². The molecule has 2 aromatic carbocycles. The van der Waals surface area contributed by atoms with Crippen molar-refractivity contribution < 1.29 is 19.1 Å². The maximum atomic E-state index is 13.2. The number of carbonyl (C=O) groups is 3. The number of aryl methyl sites for hydroxylation is 1. The Hall–Kier alpha value is -4.01. The highest BCUT2D eigenvalue weighted by Crippen LogP contribution is 2.29. The number of benzene rings is 2. The topological polar surface area (TPSA) is 106 Å². The van der Waals surface area contributed by atoms with Crippen molar-refractivity contribution in [3.63, 3.8) is 0 Å². The summed E-state index contributed by atoms with van der Waals surface area (Å²) < 4.78 is 6.55. The summed E-state index contributed by atoms with van der Waals surface area (Å²) in [6.07, 6.45) is 3.55. The van der Waals surface area contributed by atoms with Crippen LogP contribution in [0.2, 0.25) is 0 Å². The van der Waals surface area contributed by atoms with Crippen molar-refractivity contribution in [2.45, 2.75) is 45.2 Å². The highest BCUT2D eigenvalue weighted by molar-refractivity contribution is 6.43. The van der Waals surface area contributed by atoms with Crippen LogP contribution in [0.5, 0.6) is 0 Å². The lowest BCUT2D eigenvalue weighted by atomic mass is 9.85. The molecule has 0 bridgehead atoms. The van der Waals surface area contributed by atoms with E-state index in [1.54, 1.807) is 14.1 Å². The maximum Gasteiger partial charge on any atom is 0.308 e. The van der Waals surface area contributed by atoms with E-state index >= 15 is 0 Å². The van der Waals surface area contributed by atoms with E-state index in [1.165, 1.54) is 9.58 Å². The Bertz CT molecular complexity index is 1240. The van der Waals surface area contributed by atoms with Gasteiger partial charge in [-0.2, -0.15) is 0 Å². The molecule has 1 N–H and O–H groups in total. The molecule has 37 heavy (non-hydrogen) atoms. The van der Waals surface area contributed by atoms with Crippen LogP contribution in [0.3, 0.4) is 0 Å². The smallest absolute Gasteiger partial charge is 0.308 e. The van der Waals surface area contributed by atoms with Gasteiger partial charge in [0.1, 0.15) is 11.4 Å². The molecule has 9 nitrogen and oxygen atoms in total. The quantitative estimate of drug-likeness (QED) is 0.268. The number of hydrogen-bond donors (Lipinski definition) is 1. The fourth-order valence-electron chi connectivity index (χ4n) is 4.76. The monoisotopic (exact) mass is 503 g/mol. The largest absolute Gasteiger partial charge is 0.466 e. The van der Waals surface area contributed by atoms with Crippen molar-refractivity contribution >= 4 is 23.3 Å². The minimum atomic E-state index is -0.657. The number of carbonyl (C=O) groups excluding carboxylic acids is 3. The molecular formula is C28H33N5O4. The lowest BCUT2D eigenvalue weighted by Gasteiger charge is -2.29. The van der Waals surface area contributed by atoms with Crippen molar-refractivity contribution in [3.05, 3.63) is 65.9 Å². The van der Waals surface area contributed by atoms with E-state index in [2.05, 4.69) is 15.6 Å². The van der Waals surface area contributed by atoms with Crippen LogP contribution >= 0.6 is 0 Å². The summed E-state index contributed by atoms with van der Waals surface area (Å²) in [5.74, 6) is -1.47. The predicted octanol–water partition coefficient (Wildman–Crippen LogP) is 3.86. The highest BCUT2D eigenvalue weighted by Gasteiger charge is 2.29. The van der Waals surface area contributed by atoms with Crippen LogP contribution in [0.1, 0.15) is 48.7 Å². The summed E-state index contributed by atoms with van der Waals surface area (Å²) in [5.41, 5.74) is 3.04. The summed E-state index contributed by atoms with van der Waals surface area (Å²) >= 11 is 0. The lowest BCUT2D eigenvalue weighted by Crippen LogP contribution is -2.34. The molecule has 0 aliphatic heterocycles. The normalized spacial score (nSPS) is 17.2. The number of nitrogens with one attached hydrogen (secondary N) is 1. The number of esters is 1. The zero-order valence-corrected chi connectivity index (χ0v) is 21.5. The Morgan fingerprint density at radius 2 is 1.81 bits per heavy atom. The van der Waals surface area contributed by atoms with Gasteiger partial charge in [-0.3, -0.25) is 14.4 Å². The number of likely N-dealkylation sites (N-methyl/N-ethyl adjacent to an activating group) is 1. The van der Waals surface area contributed by atoms with E-state index in [0.717, 1.165) is 36.9 Å². The van der Waals surface area contributed by atoms with Crippen LogP contribution in [-0.4, -0.2) is 57.2 Å². The average Bonchev–Trinajstić information content (AvgIpc) is 3.30. The van der Waals surface area contributed by atoms with Crippen LogP contribution in [0.15, 0.2) is 54.6 Å². The molecule has 0 spiro atoms. The number of Topliss-reactive ketones (excluding diaryl/α,β-unsaturated/α-hetero) is 1. The van der Waals surface area contributed by atoms with Gasteiger partial charge in [0.15, 0.2) is 0 Å². The first-order valence-electron chi connectivity index (χ1n) is 12.6. The summed E-state index contributed by atoms with van der Waals surface area (Å²) in [7, 11) is 3.21. The van der Waals surface area contributed by atoms with Crippen molar-refractivity contribution in [1.29, 1.82) is 0 Å². The van der Waals surface area contributed by atoms with Crippen molar-refractivity contribution in [2.75, 3.05) is 19.0 Å². The van der Waals surface area contributed by atoms with Gasteiger partial charge in [-0.1, -0.05) is 54.1 Å². The molecule has 3 aromatic rings. The number of amides is 1. The molecule has 1 fully saturated rings. The van der Waals surface area contributed by atoms with Gasteiger partial charge in [0, 0.05) is 37.9 Å². The number of hydrogen-bond acceptors (Lipinski definition) is 7. The van der Waals surface area contributed by atoms with Crippen LogP contribution in [0.4, 0.5) is 5.69 Å². The molecule has 1 amide bonds. The zero-order chi connectivity index (χ0) is 26.4. The van der Waals surface area contributed by atoms with Gasteiger partial charge >= 0.3 is 5.97 Å². The second kappa shape index (κ2) is 11.8. The van der Waals surface area contributed by atoms with Gasteiger partial charge in [-0.15, -0.1) is 5.10 Å². The second-order valence-electron chi connectivity index (χ2n) is 9.42. The first-order chi connectivity index (χ1) is 17.9. The Morgan fingerprint density at radius 1 is 1.08 bits per heavy atom. The van der Waals surface area contributed by atoms with Gasteiger partial charge in [0.05, 0.1) is 12.5 Å². The SMILES string of the molecule is CCOC(=O)C1CCCC(Nc2ccc(-c3nnn(C)c3C(=O)C(=O)N(C)Cc3ccccc3)cc2)C1. The van der Waals surface area contributed by atoms with E-state index in [0.29, 0.717) is 24.4 Å². The fourth-order valence-corrected chi connectivity index (χ4v) is 4.76. The van der Waals surface area contributed by atoms with Crippen molar-refractivity contribution in [3.8, 4) is 11.3 Å². The number of aromatic nitrogens is 3. The summed E-state index contributed by atoms with van der Waals surface area (Å²) in [6, 6.07) is 17.2. The van der Waals surface area contributed by atoms with Gasteiger partial charge in [-0.05, 0) is 43.9 Å². The zero-order valence-electron chi connectivity index (χ0n) is 21.5. The number of nitrogens with zero attached hydrogens (tertiary/aromatic N) is 4. The first-order valence-corrected chi connectivity index (χ1v) is 12.6. The third-order valence-corrected chi connectivity index (χ3v) is 6.67. The van der Waals surface area contributed by atoms with E-state index in [1.807, 2.05) is 61.5 Å². The standard InChI is InChI=1S/C28H33N5O4/c1-4-37-28(36)21-11-8-12-23(17-21)29-22-15-13-20(14-16-22)24-25(33(3)31-30-24)26(34)27(35)32(2)18-19-9-6-5-7-10-19/h5-7,9-10,13-16,21,23,29H,4,8,11-12,17-18H2,1-3H3. The number of anilines is 1. The Labute approximate surface area is 216 Å². The number of ether oxygens (including phenoxy) is 1. The summed E-state index contributed by atoms with van der Waals surface area (Å²) in [4.78, 5) is 39.7. The van der Waals surface area contributed by atoms with Gasteiger partial charge in [-0.25, -0.2) is 4.68 Å². The Balaban J connectivity index is 1.44. The Morgan fingerprint density at radius 3 is 2.51 bits per heavy atom. The number of ketones is 1. The van der Waals surface area contributed by atoms with Crippen LogP contribution in [0.25, 0.3) is 11.3 Å². The maximum absolute atomic E-state index is 13.2. The molecule has 1 aromatic heterocycles. The molecule has 1 saturated carbocycles. The molecule has 0 radical (unpaired) electrons. The summed E-state index contributed by atoms with van der Waals surface area (Å²) in [6.45, 7) is 2.55. The molecule has 1 aliphatic rings. The molecule has 0 saturated heterocycles. The third-order valence-electron chi connectivity index (χ3n) is 6.67. The molecule has 2 atom stereocenters. The van der Waals surface area contributed by atoms with Crippen molar-refractivity contribution in [1.82, 2.24) is 19.9 Å². The van der Waals surface area contributed by atoms with Gasteiger partial charge in [0.25, 0.3) is 11.7 Å².